The van der Waals surface area contributed by atoms with Gasteiger partial charge < -0.3 is 5.32 Å². The lowest BCUT2D eigenvalue weighted by molar-refractivity contribution is 0.583. The van der Waals surface area contributed by atoms with Crippen molar-refractivity contribution in [3.05, 3.63) is 12.3 Å². The molecule has 0 aliphatic carbocycles. The van der Waals surface area contributed by atoms with Crippen LogP contribution in [0.2, 0.25) is 0 Å². The molecule has 1 atom stereocenters. The molecule has 0 amide bonds. The molecule has 0 fully saturated rings. The molecule has 0 saturated heterocycles. The molecule has 0 spiro atoms. The lowest BCUT2D eigenvalue weighted by atomic mass is 10.5. The monoisotopic (exact) mass is 232 g/mol. The maximum absolute atomic E-state index is 11.7. The first-order valence-corrected chi connectivity index (χ1v) is 6.16. The van der Waals surface area contributed by atoms with E-state index in [-0.39, 0.29) is 0 Å². The standard InChI is InChI=1S/C8H16N4O2S/c1-7(6-9-2)15(13,14)11-8-4-5-12(3)10-8/h4-5,7,9H,6H2,1-3H3,(H,10,11). The van der Waals surface area contributed by atoms with Gasteiger partial charge in [0.25, 0.3) is 0 Å². The summed E-state index contributed by atoms with van der Waals surface area (Å²) in [4.78, 5) is 0. The summed E-state index contributed by atoms with van der Waals surface area (Å²) in [6.07, 6.45) is 1.68. The van der Waals surface area contributed by atoms with Gasteiger partial charge >= 0.3 is 0 Å². The number of sulfonamides is 1. The number of hydrogen-bond acceptors (Lipinski definition) is 4. The van der Waals surface area contributed by atoms with Crippen molar-refractivity contribution >= 4 is 15.8 Å². The van der Waals surface area contributed by atoms with Gasteiger partial charge in [0, 0.05) is 25.9 Å². The van der Waals surface area contributed by atoms with Crippen molar-refractivity contribution in [3.8, 4) is 0 Å². The van der Waals surface area contributed by atoms with Gasteiger partial charge in [-0.1, -0.05) is 0 Å². The highest BCUT2D eigenvalue weighted by Gasteiger charge is 2.20. The largest absolute Gasteiger partial charge is 0.318 e. The van der Waals surface area contributed by atoms with E-state index in [1.807, 2.05) is 0 Å². The zero-order valence-electron chi connectivity index (χ0n) is 9.06. The third kappa shape index (κ3) is 3.21. The van der Waals surface area contributed by atoms with Crippen LogP contribution in [0, 0.1) is 0 Å². The topological polar surface area (TPSA) is 76.0 Å². The molecule has 6 nitrogen and oxygen atoms in total. The van der Waals surface area contributed by atoms with Gasteiger partial charge in [-0.05, 0) is 14.0 Å². The molecule has 7 heteroatoms. The Morgan fingerprint density at radius 1 is 1.60 bits per heavy atom. The zero-order chi connectivity index (χ0) is 11.5. The van der Waals surface area contributed by atoms with Gasteiger partial charge in [-0.2, -0.15) is 5.10 Å². The van der Waals surface area contributed by atoms with Gasteiger partial charge in [0.1, 0.15) is 0 Å². The minimum Gasteiger partial charge on any atom is -0.318 e. The molecule has 2 N–H and O–H groups in total. The Hall–Kier alpha value is -1.08. The summed E-state index contributed by atoms with van der Waals surface area (Å²) >= 11 is 0. The quantitative estimate of drug-likeness (QED) is 0.735. The van der Waals surface area contributed by atoms with Crippen LogP contribution < -0.4 is 10.0 Å². The fourth-order valence-electron chi connectivity index (χ4n) is 1.11. The second-order valence-corrected chi connectivity index (χ2v) is 5.49. The van der Waals surface area contributed by atoms with Crippen LogP contribution in [0.25, 0.3) is 0 Å². The van der Waals surface area contributed by atoms with E-state index in [1.54, 1.807) is 38.0 Å². The van der Waals surface area contributed by atoms with Crippen molar-refractivity contribution in [1.29, 1.82) is 0 Å². The van der Waals surface area contributed by atoms with E-state index in [4.69, 9.17) is 0 Å². The average Bonchev–Trinajstić information content (AvgIpc) is 2.50. The summed E-state index contributed by atoms with van der Waals surface area (Å²) in [7, 11) is 0.0956. The first kappa shape index (κ1) is 12.0. The third-order valence-electron chi connectivity index (χ3n) is 1.98. The van der Waals surface area contributed by atoms with Gasteiger partial charge in [0.2, 0.25) is 10.0 Å². The summed E-state index contributed by atoms with van der Waals surface area (Å²) in [5, 5.41) is 6.27. The number of aryl methyl sites for hydroxylation is 1. The van der Waals surface area contributed by atoms with Crippen LogP contribution in [0.15, 0.2) is 12.3 Å². The SMILES string of the molecule is CNCC(C)S(=O)(=O)Nc1ccn(C)n1. The van der Waals surface area contributed by atoms with Gasteiger partial charge in [-0.3, -0.25) is 9.40 Å². The molecule has 86 valence electrons. The van der Waals surface area contributed by atoms with E-state index in [0.717, 1.165) is 0 Å². The molecule has 1 unspecified atom stereocenters. The molecule has 0 aromatic carbocycles. The van der Waals surface area contributed by atoms with Crippen molar-refractivity contribution < 1.29 is 8.42 Å². The van der Waals surface area contributed by atoms with E-state index in [9.17, 15) is 8.42 Å². The Kier molecular flexibility index (Phi) is 3.70. The lowest BCUT2D eigenvalue weighted by Gasteiger charge is -2.12. The van der Waals surface area contributed by atoms with Crippen LogP contribution >= 0.6 is 0 Å². The van der Waals surface area contributed by atoms with Crippen molar-refractivity contribution in [2.24, 2.45) is 7.05 Å². The van der Waals surface area contributed by atoms with Crippen LogP contribution in [-0.4, -0.2) is 37.0 Å². The molecular formula is C8H16N4O2S. The molecule has 0 aliphatic rings. The van der Waals surface area contributed by atoms with E-state index in [1.165, 1.54) is 0 Å². The summed E-state index contributed by atoms with van der Waals surface area (Å²) in [5.74, 6) is 0.348. The predicted octanol–water partition coefficient (Wildman–Crippen LogP) is -0.230. The third-order valence-corrected chi connectivity index (χ3v) is 3.70. The van der Waals surface area contributed by atoms with Crippen LogP contribution in [0.1, 0.15) is 6.92 Å². The lowest BCUT2D eigenvalue weighted by Crippen LogP contribution is -2.33. The van der Waals surface area contributed by atoms with Gasteiger partial charge in [-0.25, -0.2) is 8.42 Å². The second-order valence-electron chi connectivity index (χ2n) is 3.39. The van der Waals surface area contributed by atoms with Crippen molar-refractivity contribution in [2.75, 3.05) is 18.3 Å². The van der Waals surface area contributed by atoms with Crippen molar-refractivity contribution in [1.82, 2.24) is 15.1 Å². The number of nitrogens with zero attached hydrogens (tertiary/aromatic N) is 2. The Labute approximate surface area is 89.7 Å². The van der Waals surface area contributed by atoms with Crippen molar-refractivity contribution in [2.45, 2.75) is 12.2 Å². The molecule has 0 saturated carbocycles. The average molecular weight is 232 g/mol. The molecule has 1 rings (SSSR count). The number of hydrogen-bond donors (Lipinski definition) is 2. The molecule has 1 heterocycles. The molecule has 0 bridgehead atoms. The number of nitrogens with one attached hydrogen (secondary N) is 2. The normalized spacial score (nSPS) is 13.8. The Morgan fingerprint density at radius 3 is 2.73 bits per heavy atom. The molecule has 0 radical (unpaired) electrons. The molecule has 15 heavy (non-hydrogen) atoms. The summed E-state index contributed by atoms with van der Waals surface area (Å²) < 4.78 is 27.4. The Bertz CT molecular complexity index is 412. The van der Waals surface area contributed by atoms with Crippen molar-refractivity contribution in [3.63, 3.8) is 0 Å². The smallest absolute Gasteiger partial charge is 0.237 e. The first-order chi connectivity index (χ1) is 6.95. The van der Waals surface area contributed by atoms with Crippen LogP contribution in [0.3, 0.4) is 0 Å². The van der Waals surface area contributed by atoms with E-state index >= 15 is 0 Å². The van der Waals surface area contributed by atoms with Gasteiger partial charge in [0.05, 0.1) is 5.25 Å². The van der Waals surface area contributed by atoms with Crippen LogP contribution in [0.5, 0.6) is 0 Å². The maximum Gasteiger partial charge on any atom is 0.237 e. The molecule has 1 aromatic heterocycles. The minimum atomic E-state index is -3.35. The van der Waals surface area contributed by atoms with Gasteiger partial charge in [0.15, 0.2) is 5.82 Å². The molecule has 1 aromatic rings. The Morgan fingerprint density at radius 2 is 2.27 bits per heavy atom. The highest BCUT2D eigenvalue weighted by Crippen LogP contribution is 2.08. The zero-order valence-corrected chi connectivity index (χ0v) is 9.87. The van der Waals surface area contributed by atoms with E-state index < -0.39 is 15.3 Å². The fourth-order valence-corrected chi connectivity index (χ4v) is 2.10. The summed E-state index contributed by atoms with van der Waals surface area (Å²) in [5.41, 5.74) is 0. The van der Waals surface area contributed by atoms with E-state index in [2.05, 4.69) is 15.1 Å². The highest BCUT2D eigenvalue weighted by molar-refractivity contribution is 7.93. The van der Waals surface area contributed by atoms with Crippen LogP contribution in [0.4, 0.5) is 5.82 Å². The minimum absolute atomic E-state index is 0.348. The van der Waals surface area contributed by atoms with Crippen LogP contribution in [-0.2, 0) is 17.1 Å². The molecular weight excluding hydrogens is 216 g/mol. The molecule has 0 aliphatic heterocycles. The summed E-state index contributed by atoms with van der Waals surface area (Å²) in [6, 6.07) is 1.61. The van der Waals surface area contributed by atoms with E-state index in [0.29, 0.717) is 12.4 Å². The number of anilines is 1. The first-order valence-electron chi connectivity index (χ1n) is 4.61. The highest BCUT2D eigenvalue weighted by atomic mass is 32.2. The number of rotatable bonds is 5. The number of aromatic nitrogens is 2. The predicted molar refractivity (Wildman–Crippen MR) is 59.1 cm³/mol. The summed E-state index contributed by atoms with van der Waals surface area (Å²) in [6.45, 7) is 2.05. The second kappa shape index (κ2) is 4.63. The Balaban J connectivity index is 2.72. The van der Waals surface area contributed by atoms with Gasteiger partial charge in [-0.15, -0.1) is 0 Å². The fraction of sp³-hybridized carbons (Fsp3) is 0.625. The maximum atomic E-state index is 11.7.